The van der Waals surface area contributed by atoms with Crippen molar-refractivity contribution in [3.63, 3.8) is 0 Å². The lowest BCUT2D eigenvalue weighted by molar-refractivity contribution is -0.139. The van der Waals surface area contributed by atoms with Gasteiger partial charge in [0.05, 0.1) is 6.61 Å². The number of amides is 1. The fraction of sp³-hybridized carbons (Fsp3) is 0.435. The van der Waals surface area contributed by atoms with Crippen LogP contribution in [0.2, 0.25) is 0 Å². The first-order valence-electron chi connectivity index (χ1n) is 10.1. The van der Waals surface area contributed by atoms with E-state index in [0.29, 0.717) is 18.9 Å². The zero-order valence-corrected chi connectivity index (χ0v) is 17.3. The van der Waals surface area contributed by atoms with Crippen molar-refractivity contribution in [1.82, 2.24) is 9.80 Å². The Labute approximate surface area is 172 Å². The van der Waals surface area contributed by atoms with Gasteiger partial charge < -0.3 is 14.4 Å². The van der Waals surface area contributed by atoms with Crippen LogP contribution >= 0.6 is 0 Å². The maximum atomic E-state index is 13.1. The second-order valence-corrected chi connectivity index (χ2v) is 7.50. The van der Waals surface area contributed by atoms with E-state index in [1.54, 1.807) is 6.07 Å². The number of piperazine rings is 1. The fourth-order valence-corrected chi connectivity index (χ4v) is 3.64. The van der Waals surface area contributed by atoms with Crippen molar-refractivity contribution >= 4 is 5.91 Å². The summed E-state index contributed by atoms with van der Waals surface area (Å²) in [6, 6.07) is 14.2. The van der Waals surface area contributed by atoms with E-state index in [2.05, 4.69) is 18.7 Å². The minimum atomic E-state index is -0.225. The van der Waals surface area contributed by atoms with Crippen molar-refractivity contribution in [2.75, 3.05) is 26.3 Å². The van der Waals surface area contributed by atoms with E-state index in [1.807, 2.05) is 42.2 Å². The van der Waals surface area contributed by atoms with Gasteiger partial charge in [-0.25, -0.2) is 4.39 Å². The fourth-order valence-electron chi connectivity index (χ4n) is 3.64. The Morgan fingerprint density at radius 3 is 2.41 bits per heavy atom. The molecule has 1 heterocycles. The number of carbonyl (C=O) groups is 1. The van der Waals surface area contributed by atoms with E-state index < -0.39 is 0 Å². The van der Waals surface area contributed by atoms with E-state index in [1.165, 1.54) is 12.1 Å². The summed E-state index contributed by atoms with van der Waals surface area (Å²) in [5.41, 5.74) is 1.07. The summed E-state index contributed by atoms with van der Waals surface area (Å²) < 4.78 is 24.3. The van der Waals surface area contributed by atoms with Gasteiger partial charge in [-0.15, -0.1) is 0 Å². The third-order valence-corrected chi connectivity index (χ3v) is 5.21. The van der Waals surface area contributed by atoms with Crippen LogP contribution in [-0.4, -0.2) is 54.1 Å². The van der Waals surface area contributed by atoms with E-state index in [-0.39, 0.29) is 30.4 Å². The van der Waals surface area contributed by atoms with Crippen LogP contribution in [0.1, 0.15) is 26.3 Å². The molecular weight excluding hydrogens is 371 g/mol. The number of rotatable bonds is 7. The van der Waals surface area contributed by atoms with Crippen LogP contribution in [0.5, 0.6) is 11.5 Å². The molecule has 29 heavy (non-hydrogen) atoms. The minimum Gasteiger partial charge on any atom is -0.494 e. The molecular formula is C23H29FN2O3. The normalized spacial score (nSPS) is 19.8. The van der Waals surface area contributed by atoms with Crippen LogP contribution in [-0.2, 0) is 11.3 Å². The molecule has 6 heteroatoms. The van der Waals surface area contributed by atoms with E-state index in [9.17, 15) is 9.18 Å². The van der Waals surface area contributed by atoms with Gasteiger partial charge in [-0.2, -0.15) is 0 Å². The zero-order valence-electron chi connectivity index (χ0n) is 17.3. The molecule has 0 saturated carbocycles. The molecule has 1 amide bonds. The summed E-state index contributed by atoms with van der Waals surface area (Å²) in [5.74, 6) is 1.11. The molecule has 1 saturated heterocycles. The second kappa shape index (κ2) is 9.74. The topological polar surface area (TPSA) is 42.0 Å². The number of nitrogens with zero attached hydrogens (tertiary/aromatic N) is 2. The SMILES string of the molecule is CCOc1cccc(OCC(=O)N2C[C@H](C)N(Cc3ccc(F)cc3)C[C@H]2C)c1. The number of halogens is 1. The van der Waals surface area contributed by atoms with Gasteiger partial charge in [0.25, 0.3) is 5.91 Å². The van der Waals surface area contributed by atoms with Crippen LogP contribution in [0.4, 0.5) is 4.39 Å². The molecule has 0 bridgehead atoms. The lowest BCUT2D eigenvalue weighted by Crippen LogP contribution is -2.58. The number of hydrogen-bond acceptors (Lipinski definition) is 4. The Balaban J connectivity index is 1.54. The Hall–Kier alpha value is -2.60. The zero-order chi connectivity index (χ0) is 20.8. The molecule has 5 nitrogen and oxygen atoms in total. The smallest absolute Gasteiger partial charge is 0.260 e. The van der Waals surface area contributed by atoms with Crippen LogP contribution in [0.3, 0.4) is 0 Å². The number of hydrogen-bond donors (Lipinski definition) is 0. The highest BCUT2D eigenvalue weighted by molar-refractivity contribution is 5.78. The van der Waals surface area contributed by atoms with Crippen molar-refractivity contribution < 1.29 is 18.7 Å². The maximum absolute atomic E-state index is 13.1. The average Bonchev–Trinajstić information content (AvgIpc) is 2.71. The Morgan fingerprint density at radius 1 is 1.03 bits per heavy atom. The van der Waals surface area contributed by atoms with Gasteiger partial charge in [0, 0.05) is 37.8 Å². The van der Waals surface area contributed by atoms with Gasteiger partial charge in [0.2, 0.25) is 0 Å². The van der Waals surface area contributed by atoms with Gasteiger partial charge in [-0.1, -0.05) is 18.2 Å². The summed E-state index contributed by atoms with van der Waals surface area (Å²) in [4.78, 5) is 17.0. The van der Waals surface area contributed by atoms with Gasteiger partial charge in [0.15, 0.2) is 6.61 Å². The lowest BCUT2D eigenvalue weighted by Gasteiger charge is -2.44. The van der Waals surface area contributed by atoms with Gasteiger partial charge in [-0.05, 0) is 50.6 Å². The molecule has 156 valence electrons. The maximum Gasteiger partial charge on any atom is 0.260 e. The summed E-state index contributed by atoms with van der Waals surface area (Å²) >= 11 is 0. The Bertz CT molecular complexity index is 812. The molecule has 1 aliphatic rings. The monoisotopic (exact) mass is 400 g/mol. The van der Waals surface area contributed by atoms with E-state index in [4.69, 9.17) is 9.47 Å². The highest BCUT2D eigenvalue weighted by Gasteiger charge is 2.32. The van der Waals surface area contributed by atoms with Gasteiger partial charge >= 0.3 is 0 Å². The lowest BCUT2D eigenvalue weighted by atomic mass is 10.1. The number of ether oxygens (including phenoxy) is 2. The van der Waals surface area contributed by atoms with Crippen LogP contribution < -0.4 is 9.47 Å². The average molecular weight is 400 g/mol. The van der Waals surface area contributed by atoms with Crippen molar-refractivity contribution in [2.45, 2.75) is 39.4 Å². The summed E-state index contributed by atoms with van der Waals surface area (Å²) in [6.45, 7) is 8.83. The second-order valence-electron chi connectivity index (χ2n) is 7.50. The molecule has 0 unspecified atom stereocenters. The molecule has 1 aliphatic heterocycles. The highest BCUT2D eigenvalue weighted by Crippen LogP contribution is 2.21. The molecule has 0 N–H and O–H groups in total. The van der Waals surface area contributed by atoms with E-state index >= 15 is 0 Å². The predicted octanol–water partition coefficient (Wildman–Crippen LogP) is 3.72. The Morgan fingerprint density at radius 2 is 1.72 bits per heavy atom. The predicted molar refractivity (Wildman–Crippen MR) is 111 cm³/mol. The summed E-state index contributed by atoms with van der Waals surface area (Å²) in [6.07, 6.45) is 0. The largest absolute Gasteiger partial charge is 0.494 e. The molecule has 0 spiro atoms. The Kier molecular flexibility index (Phi) is 7.09. The molecule has 2 aromatic carbocycles. The van der Waals surface area contributed by atoms with Crippen LogP contribution in [0.15, 0.2) is 48.5 Å². The van der Waals surface area contributed by atoms with Gasteiger partial charge in [-0.3, -0.25) is 9.69 Å². The molecule has 0 aliphatic carbocycles. The first kappa shape index (κ1) is 21.1. The highest BCUT2D eigenvalue weighted by atomic mass is 19.1. The van der Waals surface area contributed by atoms with Crippen molar-refractivity contribution in [1.29, 1.82) is 0 Å². The van der Waals surface area contributed by atoms with Gasteiger partial charge in [0.1, 0.15) is 17.3 Å². The summed E-state index contributed by atoms with van der Waals surface area (Å²) in [5, 5.41) is 0. The molecule has 0 aromatic heterocycles. The first-order chi connectivity index (χ1) is 14.0. The third-order valence-electron chi connectivity index (χ3n) is 5.21. The van der Waals surface area contributed by atoms with Crippen molar-refractivity contribution in [2.24, 2.45) is 0 Å². The number of carbonyl (C=O) groups excluding carboxylic acids is 1. The molecule has 0 radical (unpaired) electrons. The standard InChI is InChI=1S/C23H29FN2O3/c1-4-28-21-6-5-7-22(12-21)29-16-23(27)26-14-17(2)25(13-18(26)3)15-19-8-10-20(24)11-9-19/h5-12,17-18H,4,13-16H2,1-3H3/t17-,18+/m0/s1. The van der Waals surface area contributed by atoms with Crippen molar-refractivity contribution in [3.05, 3.63) is 59.9 Å². The number of benzene rings is 2. The molecule has 1 fully saturated rings. The summed E-state index contributed by atoms with van der Waals surface area (Å²) in [7, 11) is 0. The molecule has 3 rings (SSSR count). The first-order valence-corrected chi connectivity index (χ1v) is 10.1. The van der Waals surface area contributed by atoms with Crippen LogP contribution in [0.25, 0.3) is 0 Å². The van der Waals surface area contributed by atoms with Crippen molar-refractivity contribution in [3.8, 4) is 11.5 Å². The molecule has 2 atom stereocenters. The van der Waals surface area contributed by atoms with Crippen LogP contribution in [0, 0.1) is 5.82 Å². The minimum absolute atomic E-state index is 0.00456. The third kappa shape index (κ3) is 5.70. The van der Waals surface area contributed by atoms with E-state index in [0.717, 1.165) is 24.4 Å². The quantitative estimate of drug-likeness (QED) is 0.710. The molecule has 2 aromatic rings.